The average Bonchev–Trinajstić information content (AvgIpc) is 2.77. The molecule has 0 saturated carbocycles. The molecule has 3 unspecified atom stereocenters. The molecule has 0 aliphatic carbocycles. The van der Waals surface area contributed by atoms with Gasteiger partial charge in [-0.2, -0.15) is 28.6 Å². The summed E-state index contributed by atoms with van der Waals surface area (Å²) in [5.41, 5.74) is 4.01. The summed E-state index contributed by atoms with van der Waals surface area (Å²) >= 11 is 4.09. The molecule has 6 heteroatoms. The molecule has 96 valence electrons. The molecule has 2 rings (SSSR count). The largest absolute Gasteiger partial charge is 0.275 e. The molecule has 1 aliphatic heterocycles. The molecule has 3 N–H and O–H groups in total. The van der Waals surface area contributed by atoms with Gasteiger partial charge in [0.05, 0.1) is 11.7 Å². The molecular weight excluding hydrogens is 252 g/mol. The van der Waals surface area contributed by atoms with Gasteiger partial charge < -0.3 is 0 Å². The molecular formula is C11H20N4S2. The van der Waals surface area contributed by atoms with E-state index in [1.807, 2.05) is 29.7 Å². The molecule has 3 atom stereocenters. The van der Waals surface area contributed by atoms with Crippen LogP contribution in [-0.4, -0.2) is 31.8 Å². The first-order chi connectivity index (χ1) is 8.26. The predicted molar refractivity (Wildman–Crippen MR) is 76.1 cm³/mol. The third-order valence-electron chi connectivity index (χ3n) is 3.06. The maximum Gasteiger partial charge on any atom is 0.0819 e. The molecule has 0 amide bonds. The number of nitrogens with one attached hydrogen (secondary N) is 1. The average molecular weight is 272 g/mol. The van der Waals surface area contributed by atoms with Crippen molar-refractivity contribution in [3.63, 3.8) is 0 Å². The van der Waals surface area contributed by atoms with Crippen molar-refractivity contribution < 1.29 is 0 Å². The van der Waals surface area contributed by atoms with Crippen molar-refractivity contribution in [2.75, 3.05) is 11.5 Å². The highest BCUT2D eigenvalue weighted by Crippen LogP contribution is 2.39. The number of hydrogen-bond acceptors (Lipinski definition) is 5. The zero-order valence-corrected chi connectivity index (χ0v) is 11.9. The minimum absolute atomic E-state index is 0.152. The summed E-state index contributed by atoms with van der Waals surface area (Å²) in [6.45, 7) is 2.25. The van der Waals surface area contributed by atoms with Gasteiger partial charge in [0, 0.05) is 35.3 Å². The Morgan fingerprint density at radius 2 is 2.35 bits per heavy atom. The number of thioether (sulfide) groups is 2. The Bertz CT molecular complexity index is 355. The SMILES string of the molecule is CCC1SCCSC1C(NN)c1ccn(C)n1. The zero-order valence-electron chi connectivity index (χ0n) is 10.3. The first-order valence-electron chi connectivity index (χ1n) is 5.95. The lowest BCUT2D eigenvalue weighted by atomic mass is 10.1. The fourth-order valence-corrected chi connectivity index (χ4v) is 5.41. The van der Waals surface area contributed by atoms with E-state index in [4.69, 9.17) is 5.84 Å². The van der Waals surface area contributed by atoms with Crippen LogP contribution in [0.2, 0.25) is 0 Å². The van der Waals surface area contributed by atoms with Gasteiger partial charge in [-0.1, -0.05) is 6.92 Å². The number of rotatable bonds is 4. The number of aryl methyl sites for hydroxylation is 1. The molecule has 1 fully saturated rings. The summed E-state index contributed by atoms with van der Waals surface area (Å²) < 4.78 is 1.83. The number of nitrogens with two attached hydrogens (primary N) is 1. The van der Waals surface area contributed by atoms with Gasteiger partial charge in [-0.3, -0.25) is 16.0 Å². The highest BCUT2D eigenvalue weighted by atomic mass is 32.2. The number of nitrogens with zero attached hydrogens (tertiary/aromatic N) is 2. The molecule has 1 saturated heterocycles. The number of aromatic nitrogens is 2. The van der Waals surface area contributed by atoms with Gasteiger partial charge in [-0.05, 0) is 12.5 Å². The lowest BCUT2D eigenvalue weighted by Crippen LogP contribution is -2.42. The van der Waals surface area contributed by atoms with Crippen LogP contribution in [0.4, 0.5) is 0 Å². The first kappa shape index (κ1) is 13.3. The Balaban J connectivity index is 2.16. The van der Waals surface area contributed by atoms with E-state index in [0.29, 0.717) is 10.5 Å². The highest BCUT2D eigenvalue weighted by Gasteiger charge is 2.33. The van der Waals surface area contributed by atoms with E-state index >= 15 is 0 Å². The molecule has 0 spiro atoms. The van der Waals surface area contributed by atoms with E-state index in [1.165, 1.54) is 17.9 Å². The van der Waals surface area contributed by atoms with Crippen molar-refractivity contribution >= 4 is 23.5 Å². The van der Waals surface area contributed by atoms with Crippen molar-refractivity contribution in [2.45, 2.75) is 29.9 Å². The Hall–Kier alpha value is -0.170. The van der Waals surface area contributed by atoms with Gasteiger partial charge in [0.15, 0.2) is 0 Å². The van der Waals surface area contributed by atoms with Crippen molar-refractivity contribution in [3.8, 4) is 0 Å². The lowest BCUT2D eigenvalue weighted by molar-refractivity contribution is 0.496. The van der Waals surface area contributed by atoms with E-state index in [2.05, 4.69) is 35.3 Å². The summed E-state index contributed by atoms with van der Waals surface area (Å²) in [6.07, 6.45) is 3.16. The fraction of sp³-hybridized carbons (Fsp3) is 0.727. The van der Waals surface area contributed by atoms with Crippen molar-refractivity contribution in [2.24, 2.45) is 12.9 Å². The van der Waals surface area contributed by atoms with E-state index in [1.54, 1.807) is 0 Å². The summed E-state index contributed by atoms with van der Waals surface area (Å²) in [5.74, 6) is 8.19. The smallest absolute Gasteiger partial charge is 0.0819 e. The van der Waals surface area contributed by atoms with Gasteiger partial charge in [-0.25, -0.2) is 0 Å². The Kier molecular flexibility index (Phi) is 4.78. The second-order valence-electron chi connectivity index (χ2n) is 4.21. The molecule has 1 aromatic heterocycles. The molecule has 0 bridgehead atoms. The van der Waals surface area contributed by atoms with Crippen LogP contribution in [0.1, 0.15) is 25.1 Å². The second kappa shape index (κ2) is 6.13. The molecule has 17 heavy (non-hydrogen) atoms. The van der Waals surface area contributed by atoms with Crippen molar-refractivity contribution in [3.05, 3.63) is 18.0 Å². The molecule has 1 aliphatic rings. The maximum absolute atomic E-state index is 5.74. The van der Waals surface area contributed by atoms with Crippen molar-refractivity contribution in [1.82, 2.24) is 15.2 Å². The summed E-state index contributed by atoms with van der Waals surface area (Å²) in [5, 5.41) is 5.65. The van der Waals surface area contributed by atoms with E-state index in [0.717, 1.165) is 5.69 Å². The molecule has 0 aromatic carbocycles. The van der Waals surface area contributed by atoms with Crippen LogP contribution in [-0.2, 0) is 7.05 Å². The second-order valence-corrected chi connectivity index (χ2v) is 6.84. The lowest BCUT2D eigenvalue weighted by Gasteiger charge is -2.34. The third-order valence-corrected chi connectivity index (χ3v) is 6.41. The standard InChI is InChI=1S/C11H20N4S2/c1-3-9-11(17-7-6-16-9)10(13-12)8-4-5-15(2)14-8/h4-5,9-11,13H,3,6-7,12H2,1-2H3. The van der Waals surface area contributed by atoms with Gasteiger partial charge in [0.1, 0.15) is 0 Å². The molecule has 2 heterocycles. The fourth-order valence-electron chi connectivity index (χ4n) is 2.19. The van der Waals surface area contributed by atoms with Crippen LogP contribution < -0.4 is 11.3 Å². The van der Waals surface area contributed by atoms with Gasteiger partial charge in [0.25, 0.3) is 0 Å². The molecule has 0 radical (unpaired) electrons. The zero-order chi connectivity index (χ0) is 12.3. The van der Waals surface area contributed by atoms with Crippen LogP contribution >= 0.6 is 23.5 Å². The normalized spacial score (nSPS) is 27.0. The van der Waals surface area contributed by atoms with E-state index in [9.17, 15) is 0 Å². The number of hydrazine groups is 1. The summed E-state index contributed by atoms with van der Waals surface area (Å²) in [4.78, 5) is 0. The first-order valence-corrected chi connectivity index (χ1v) is 8.05. The Morgan fingerprint density at radius 3 is 2.94 bits per heavy atom. The summed E-state index contributed by atoms with van der Waals surface area (Å²) in [7, 11) is 1.94. The molecule has 1 aromatic rings. The Labute approximate surface area is 111 Å². The van der Waals surface area contributed by atoms with E-state index in [-0.39, 0.29) is 6.04 Å². The highest BCUT2D eigenvalue weighted by molar-refractivity contribution is 8.07. The quantitative estimate of drug-likeness (QED) is 0.643. The topological polar surface area (TPSA) is 55.9 Å². The van der Waals surface area contributed by atoms with Crippen LogP contribution in [0.15, 0.2) is 12.3 Å². The van der Waals surface area contributed by atoms with Crippen molar-refractivity contribution in [1.29, 1.82) is 0 Å². The minimum Gasteiger partial charge on any atom is -0.275 e. The van der Waals surface area contributed by atoms with Gasteiger partial charge in [0.2, 0.25) is 0 Å². The van der Waals surface area contributed by atoms with Crippen LogP contribution in [0.3, 0.4) is 0 Å². The van der Waals surface area contributed by atoms with Crippen LogP contribution in [0.5, 0.6) is 0 Å². The molecule has 4 nitrogen and oxygen atoms in total. The summed E-state index contributed by atoms with van der Waals surface area (Å²) in [6, 6.07) is 2.20. The van der Waals surface area contributed by atoms with Gasteiger partial charge >= 0.3 is 0 Å². The monoisotopic (exact) mass is 272 g/mol. The number of hydrogen-bond donors (Lipinski definition) is 2. The third kappa shape index (κ3) is 2.99. The minimum atomic E-state index is 0.152. The predicted octanol–water partition coefficient (Wildman–Crippen LogP) is 1.55. The van der Waals surface area contributed by atoms with Gasteiger partial charge in [-0.15, -0.1) is 0 Å². The van der Waals surface area contributed by atoms with Crippen LogP contribution in [0, 0.1) is 0 Å². The maximum atomic E-state index is 5.74. The Morgan fingerprint density at radius 1 is 1.59 bits per heavy atom. The van der Waals surface area contributed by atoms with E-state index < -0.39 is 0 Å². The van der Waals surface area contributed by atoms with Crippen LogP contribution in [0.25, 0.3) is 0 Å².